The van der Waals surface area contributed by atoms with Crippen LogP contribution in [0.3, 0.4) is 0 Å². The standard InChI is InChI=1S/C20H23NO4S/c22-18(25-16-10-5-2-6-11-16)12-7-13-21-19(23)17(26-20(21)24)14-15-8-3-1-4-9-15/h1,3-4,8-9,14,16H,2,5-7,10-13H2. The Bertz CT molecular complexity index is 695. The molecule has 1 aliphatic carbocycles. The number of carbonyl (C=O) groups excluding carboxylic acids is 3. The fourth-order valence-electron chi connectivity index (χ4n) is 3.20. The van der Waals surface area contributed by atoms with Gasteiger partial charge in [-0.05, 0) is 55.5 Å². The maximum absolute atomic E-state index is 12.4. The number of esters is 1. The zero-order chi connectivity index (χ0) is 18.4. The Morgan fingerprint density at radius 1 is 1.15 bits per heavy atom. The van der Waals surface area contributed by atoms with Crippen LogP contribution in [-0.2, 0) is 14.3 Å². The molecular formula is C20H23NO4S. The van der Waals surface area contributed by atoms with Gasteiger partial charge in [-0.15, -0.1) is 0 Å². The van der Waals surface area contributed by atoms with Gasteiger partial charge >= 0.3 is 5.97 Å². The normalized spacial score (nSPS) is 20.0. The zero-order valence-electron chi connectivity index (χ0n) is 14.7. The molecule has 5 nitrogen and oxygen atoms in total. The van der Waals surface area contributed by atoms with Crippen LogP contribution in [0.25, 0.3) is 6.08 Å². The fourth-order valence-corrected chi connectivity index (χ4v) is 4.07. The number of benzene rings is 1. The van der Waals surface area contributed by atoms with Gasteiger partial charge in [0.25, 0.3) is 11.1 Å². The molecule has 0 aromatic heterocycles. The van der Waals surface area contributed by atoms with E-state index in [4.69, 9.17) is 4.74 Å². The molecule has 1 aliphatic heterocycles. The summed E-state index contributed by atoms with van der Waals surface area (Å²) in [7, 11) is 0. The lowest BCUT2D eigenvalue weighted by Crippen LogP contribution is -2.30. The maximum atomic E-state index is 12.4. The highest BCUT2D eigenvalue weighted by molar-refractivity contribution is 8.18. The SMILES string of the molecule is O=C(CCCN1C(=O)SC(=Cc2ccccc2)C1=O)OC1CCCCC1. The van der Waals surface area contributed by atoms with Crippen molar-refractivity contribution >= 4 is 35.0 Å². The Kier molecular flexibility index (Phi) is 6.50. The van der Waals surface area contributed by atoms with Crippen LogP contribution in [-0.4, -0.2) is 34.7 Å². The van der Waals surface area contributed by atoms with Crippen molar-refractivity contribution in [1.29, 1.82) is 0 Å². The van der Waals surface area contributed by atoms with Crippen LogP contribution < -0.4 is 0 Å². The quantitative estimate of drug-likeness (QED) is 0.547. The van der Waals surface area contributed by atoms with Crippen LogP contribution >= 0.6 is 11.8 Å². The van der Waals surface area contributed by atoms with Gasteiger partial charge in [0.15, 0.2) is 0 Å². The molecule has 2 aliphatic rings. The predicted molar refractivity (Wildman–Crippen MR) is 101 cm³/mol. The Labute approximate surface area is 157 Å². The van der Waals surface area contributed by atoms with Crippen molar-refractivity contribution in [3.05, 3.63) is 40.8 Å². The summed E-state index contributed by atoms with van der Waals surface area (Å²) < 4.78 is 5.47. The van der Waals surface area contributed by atoms with Crippen LogP contribution in [0.15, 0.2) is 35.2 Å². The van der Waals surface area contributed by atoms with E-state index < -0.39 is 0 Å². The van der Waals surface area contributed by atoms with Gasteiger partial charge in [0, 0.05) is 13.0 Å². The third-order valence-electron chi connectivity index (χ3n) is 4.58. The predicted octanol–water partition coefficient (Wildman–Crippen LogP) is 4.38. The van der Waals surface area contributed by atoms with Gasteiger partial charge < -0.3 is 4.74 Å². The van der Waals surface area contributed by atoms with Gasteiger partial charge in [-0.2, -0.15) is 0 Å². The van der Waals surface area contributed by atoms with E-state index in [-0.39, 0.29) is 36.2 Å². The molecule has 1 saturated carbocycles. The molecule has 1 aromatic rings. The second-order valence-electron chi connectivity index (χ2n) is 6.60. The second-order valence-corrected chi connectivity index (χ2v) is 7.59. The molecule has 1 aromatic carbocycles. The van der Waals surface area contributed by atoms with Gasteiger partial charge in [-0.3, -0.25) is 19.3 Å². The van der Waals surface area contributed by atoms with Crippen LogP contribution in [0.5, 0.6) is 0 Å². The van der Waals surface area contributed by atoms with Crippen molar-refractivity contribution in [2.45, 2.75) is 51.0 Å². The fraction of sp³-hybridized carbons (Fsp3) is 0.450. The number of ether oxygens (including phenoxy) is 1. The lowest BCUT2D eigenvalue weighted by molar-refractivity contribution is -0.150. The molecule has 26 heavy (non-hydrogen) atoms. The minimum atomic E-state index is -0.287. The molecule has 0 atom stereocenters. The minimum absolute atomic E-state index is 0.0438. The van der Waals surface area contributed by atoms with Crippen molar-refractivity contribution < 1.29 is 19.1 Å². The Morgan fingerprint density at radius 2 is 1.88 bits per heavy atom. The number of carbonyl (C=O) groups is 3. The zero-order valence-corrected chi connectivity index (χ0v) is 15.5. The first kappa shape index (κ1) is 18.7. The second kappa shape index (κ2) is 9.03. The summed E-state index contributed by atoms with van der Waals surface area (Å²) in [5.41, 5.74) is 0.883. The van der Waals surface area contributed by atoms with Crippen molar-refractivity contribution in [2.75, 3.05) is 6.54 Å². The van der Waals surface area contributed by atoms with Gasteiger partial charge in [0.1, 0.15) is 6.10 Å². The van der Waals surface area contributed by atoms with E-state index in [9.17, 15) is 14.4 Å². The van der Waals surface area contributed by atoms with Gasteiger partial charge in [-0.1, -0.05) is 36.8 Å². The number of nitrogens with zero attached hydrogens (tertiary/aromatic N) is 1. The van der Waals surface area contributed by atoms with E-state index in [1.165, 1.54) is 11.3 Å². The van der Waals surface area contributed by atoms with E-state index in [2.05, 4.69) is 0 Å². The van der Waals surface area contributed by atoms with Crippen LogP contribution in [0.1, 0.15) is 50.5 Å². The molecular weight excluding hydrogens is 350 g/mol. The van der Waals surface area contributed by atoms with E-state index in [0.29, 0.717) is 11.3 Å². The average Bonchev–Trinajstić information content (AvgIpc) is 2.91. The monoisotopic (exact) mass is 373 g/mol. The third kappa shape index (κ3) is 4.97. The summed E-state index contributed by atoms with van der Waals surface area (Å²) in [6.07, 6.45) is 7.76. The first-order valence-corrected chi connectivity index (χ1v) is 9.95. The van der Waals surface area contributed by atoms with Gasteiger partial charge in [0.05, 0.1) is 4.91 Å². The first-order chi connectivity index (χ1) is 12.6. The molecule has 3 rings (SSSR count). The summed E-state index contributed by atoms with van der Waals surface area (Å²) in [6.45, 7) is 0.247. The van der Waals surface area contributed by atoms with E-state index in [1.54, 1.807) is 6.08 Å². The molecule has 0 spiro atoms. The smallest absolute Gasteiger partial charge is 0.306 e. The van der Waals surface area contributed by atoms with Crippen molar-refractivity contribution in [3.8, 4) is 0 Å². The Hall–Kier alpha value is -2.08. The van der Waals surface area contributed by atoms with Crippen molar-refractivity contribution in [3.63, 3.8) is 0 Å². The van der Waals surface area contributed by atoms with Crippen LogP contribution in [0.2, 0.25) is 0 Å². The molecule has 0 radical (unpaired) electrons. The highest BCUT2D eigenvalue weighted by Gasteiger charge is 2.34. The summed E-state index contributed by atoms with van der Waals surface area (Å²) in [5, 5.41) is -0.280. The molecule has 6 heteroatoms. The summed E-state index contributed by atoms with van der Waals surface area (Å²) in [6, 6.07) is 9.43. The first-order valence-electron chi connectivity index (χ1n) is 9.13. The molecule has 138 valence electrons. The summed E-state index contributed by atoms with van der Waals surface area (Å²) in [4.78, 5) is 38.1. The largest absolute Gasteiger partial charge is 0.462 e. The molecule has 2 amide bonds. The van der Waals surface area contributed by atoms with Crippen molar-refractivity contribution in [2.24, 2.45) is 0 Å². The minimum Gasteiger partial charge on any atom is -0.462 e. The van der Waals surface area contributed by atoms with Crippen LogP contribution in [0.4, 0.5) is 4.79 Å². The highest BCUT2D eigenvalue weighted by atomic mass is 32.2. The molecule has 2 fully saturated rings. The number of imide groups is 1. The van der Waals surface area contributed by atoms with E-state index in [0.717, 1.165) is 43.0 Å². The number of amides is 2. The maximum Gasteiger partial charge on any atom is 0.306 e. The number of thioether (sulfide) groups is 1. The van der Waals surface area contributed by atoms with Gasteiger partial charge in [-0.25, -0.2) is 0 Å². The molecule has 0 unspecified atom stereocenters. The summed E-state index contributed by atoms with van der Waals surface area (Å²) >= 11 is 0.946. The number of rotatable bonds is 6. The van der Waals surface area contributed by atoms with Crippen LogP contribution in [0, 0.1) is 0 Å². The van der Waals surface area contributed by atoms with E-state index in [1.807, 2.05) is 30.3 Å². The molecule has 1 saturated heterocycles. The Balaban J connectivity index is 1.47. The van der Waals surface area contributed by atoms with Gasteiger partial charge in [0.2, 0.25) is 0 Å². The van der Waals surface area contributed by atoms with Crippen molar-refractivity contribution in [1.82, 2.24) is 4.90 Å². The number of hydrogen-bond acceptors (Lipinski definition) is 5. The highest BCUT2D eigenvalue weighted by Crippen LogP contribution is 2.32. The summed E-state index contributed by atoms with van der Waals surface area (Å²) in [5.74, 6) is -0.520. The Morgan fingerprint density at radius 3 is 2.62 bits per heavy atom. The lowest BCUT2D eigenvalue weighted by Gasteiger charge is -2.22. The average molecular weight is 373 g/mol. The topological polar surface area (TPSA) is 63.7 Å². The molecule has 0 N–H and O–H groups in total. The van der Waals surface area contributed by atoms with E-state index >= 15 is 0 Å². The molecule has 1 heterocycles. The number of hydrogen-bond donors (Lipinski definition) is 0. The lowest BCUT2D eigenvalue weighted by atomic mass is 9.98. The molecule has 0 bridgehead atoms. The third-order valence-corrected chi connectivity index (χ3v) is 5.49.